The molecule has 2 heterocycles. The quantitative estimate of drug-likeness (QED) is 0.0854. The highest BCUT2D eigenvalue weighted by Crippen LogP contribution is 2.30. The van der Waals surface area contributed by atoms with E-state index in [9.17, 15) is 38.4 Å². The average molecular weight is 956 g/mol. The number of amides is 7. The molecule has 0 spiro atoms. The predicted molar refractivity (Wildman–Crippen MR) is 256 cm³/mol. The number of unbranched alkanes of at least 4 members (excludes halogenated alkanes) is 1. The number of nitrogens with zero attached hydrogens (tertiary/aromatic N) is 4. The van der Waals surface area contributed by atoms with Crippen molar-refractivity contribution in [1.82, 2.24) is 35.7 Å². The molecule has 0 radical (unpaired) electrons. The number of hydrogen-bond acceptors (Lipinski definition) is 12. The van der Waals surface area contributed by atoms with E-state index in [1.807, 2.05) is 91.7 Å². The number of ether oxygens (including phenoxy) is 2. The third kappa shape index (κ3) is 15.8. The van der Waals surface area contributed by atoms with Crippen molar-refractivity contribution < 1.29 is 52.7 Å². The van der Waals surface area contributed by atoms with Gasteiger partial charge in [0.05, 0.1) is 42.7 Å². The first kappa shape index (κ1) is 57.4. The normalized spacial score (nSPS) is 18.7. The number of hydrogen-bond donors (Lipinski definition) is 3. The number of rotatable bonds is 27. The highest BCUT2D eigenvalue weighted by Gasteiger charge is 2.44. The van der Waals surface area contributed by atoms with E-state index in [1.54, 1.807) is 23.8 Å². The summed E-state index contributed by atoms with van der Waals surface area (Å²) in [7, 11) is 8.43. The number of carbonyl (C=O) groups is 8. The fraction of sp³-hybridized carbons (Fsp3) is 0.720. The number of nitrogens with one attached hydrogen (secondary N) is 3. The summed E-state index contributed by atoms with van der Waals surface area (Å²) in [5.74, 6) is -4.45. The Morgan fingerprint density at radius 3 is 2.07 bits per heavy atom. The van der Waals surface area contributed by atoms with E-state index in [0.717, 1.165) is 11.1 Å². The van der Waals surface area contributed by atoms with Crippen LogP contribution in [-0.4, -0.2) is 158 Å². The van der Waals surface area contributed by atoms with E-state index >= 15 is 0 Å². The predicted octanol–water partition coefficient (Wildman–Crippen LogP) is 3.56. The average Bonchev–Trinajstić information content (AvgIpc) is 3.89. The van der Waals surface area contributed by atoms with Crippen LogP contribution in [0, 0.1) is 30.6 Å². The Bertz CT molecular complexity index is 1870. The minimum absolute atomic E-state index is 0.00117. The Labute approximate surface area is 404 Å². The van der Waals surface area contributed by atoms with Gasteiger partial charge in [0.1, 0.15) is 12.1 Å². The van der Waals surface area contributed by atoms with Crippen LogP contribution in [0.3, 0.4) is 0 Å². The Morgan fingerprint density at radius 2 is 1.51 bits per heavy atom. The van der Waals surface area contributed by atoms with Gasteiger partial charge in [-0.15, -0.1) is 5.06 Å². The maximum Gasteiger partial charge on any atom is 0.333 e. The maximum atomic E-state index is 14.4. The van der Waals surface area contributed by atoms with Crippen LogP contribution in [0.4, 0.5) is 0 Å². The third-order valence-corrected chi connectivity index (χ3v) is 13.4. The SMILES string of the molecule is CCC(C)[C@@H]([C@@H](CC(=O)N1CCC[C@H]1[C@H](OC)[C@@H](C)C(=O)N[C@@H](Cc1cccc(C)c1)C(=O)NCCCCC(=O)ON1C(=O)CCC1=O)OC)N(C)C(=O)[C@@H](NC(=O)[C@H](C(C)C)N(C)C)C(C)C. The molecule has 3 N–H and O–H groups in total. The minimum atomic E-state index is -0.962. The number of benzene rings is 1. The Kier molecular flexibility index (Phi) is 23.0. The molecule has 0 aliphatic carbocycles. The molecule has 1 aromatic rings. The Hall–Kier alpha value is -4.94. The van der Waals surface area contributed by atoms with Gasteiger partial charge in [-0.1, -0.05) is 84.7 Å². The Morgan fingerprint density at radius 1 is 0.853 bits per heavy atom. The minimum Gasteiger partial charge on any atom is -0.379 e. The number of methoxy groups -OCH3 is 2. The summed E-state index contributed by atoms with van der Waals surface area (Å²) in [6, 6.07) is 4.47. The molecule has 0 aromatic heterocycles. The molecule has 2 fully saturated rings. The van der Waals surface area contributed by atoms with E-state index in [0.29, 0.717) is 43.7 Å². The van der Waals surface area contributed by atoms with Gasteiger partial charge in [-0.25, -0.2) is 4.79 Å². The molecule has 1 unspecified atom stereocenters. The van der Waals surface area contributed by atoms with Gasteiger partial charge in [0.25, 0.3) is 11.8 Å². The molecular formula is C50H81N7O11. The first-order valence-corrected chi connectivity index (χ1v) is 24.4. The van der Waals surface area contributed by atoms with Crippen LogP contribution >= 0.6 is 0 Å². The van der Waals surface area contributed by atoms with Crippen molar-refractivity contribution >= 4 is 47.3 Å². The third-order valence-electron chi connectivity index (χ3n) is 13.4. The van der Waals surface area contributed by atoms with Crippen LogP contribution < -0.4 is 16.0 Å². The topological polar surface area (TPSA) is 213 Å². The fourth-order valence-electron chi connectivity index (χ4n) is 9.53. The van der Waals surface area contributed by atoms with Crippen LogP contribution in [0.2, 0.25) is 0 Å². The summed E-state index contributed by atoms with van der Waals surface area (Å²) in [6.45, 7) is 16.0. The van der Waals surface area contributed by atoms with Gasteiger partial charge in [-0.2, -0.15) is 0 Å². The first-order chi connectivity index (χ1) is 32.1. The molecule has 18 nitrogen and oxygen atoms in total. The van der Waals surface area contributed by atoms with Gasteiger partial charge >= 0.3 is 5.97 Å². The highest BCUT2D eigenvalue weighted by molar-refractivity contribution is 6.01. The summed E-state index contributed by atoms with van der Waals surface area (Å²) in [6.07, 6.45) is 1.36. The molecule has 2 aliphatic rings. The molecule has 7 amide bonds. The second kappa shape index (κ2) is 27.3. The van der Waals surface area contributed by atoms with E-state index in [1.165, 1.54) is 14.2 Å². The highest BCUT2D eigenvalue weighted by atomic mass is 16.7. The summed E-state index contributed by atoms with van der Waals surface area (Å²) >= 11 is 0. The van der Waals surface area contributed by atoms with Crippen molar-refractivity contribution in [2.24, 2.45) is 23.7 Å². The van der Waals surface area contributed by atoms with Gasteiger partial charge in [0.15, 0.2) is 0 Å². The van der Waals surface area contributed by atoms with E-state index in [-0.39, 0.29) is 74.1 Å². The lowest BCUT2D eigenvalue weighted by Gasteiger charge is -2.41. The van der Waals surface area contributed by atoms with Gasteiger partial charge in [-0.3, -0.25) is 38.5 Å². The summed E-state index contributed by atoms with van der Waals surface area (Å²) in [5, 5.41) is 9.36. The second-order valence-electron chi connectivity index (χ2n) is 19.5. The first-order valence-electron chi connectivity index (χ1n) is 24.4. The van der Waals surface area contributed by atoms with Crippen molar-refractivity contribution in [1.29, 1.82) is 0 Å². The molecule has 2 aliphatic heterocycles. The molecule has 68 heavy (non-hydrogen) atoms. The van der Waals surface area contributed by atoms with E-state index in [2.05, 4.69) is 16.0 Å². The molecule has 1 aromatic carbocycles. The zero-order valence-corrected chi connectivity index (χ0v) is 42.9. The molecule has 2 saturated heterocycles. The van der Waals surface area contributed by atoms with Gasteiger partial charge in [-0.05, 0) is 70.0 Å². The number of likely N-dealkylation sites (N-methyl/N-ethyl adjacent to an activating group) is 2. The fourth-order valence-corrected chi connectivity index (χ4v) is 9.53. The lowest BCUT2D eigenvalue weighted by atomic mass is 9.89. The van der Waals surface area contributed by atoms with E-state index < -0.39 is 77.9 Å². The van der Waals surface area contributed by atoms with Crippen LogP contribution in [0.1, 0.15) is 117 Å². The molecule has 18 heteroatoms. The largest absolute Gasteiger partial charge is 0.379 e. The number of aryl methyl sites for hydroxylation is 1. The van der Waals surface area contributed by atoms with Crippen LogP contribution in [0.5, 0.6) is 0 Å². The Balaban J connectivity index is 1.74. The van der Waals surface area contributed by atoms with Crippen molar-refractivity contribution in [3.63, 3.8) is 0 Å². The number of imide groups is 1. The standard InChI is InChI=1S/C50H81N7O11/c1-14-33(7)45(55(11)50(65)43(30(2)3)53-49(64)44(31(4)5)54(9)10)38(66-12)29-41(60)56-26-18-21-37(56)46(67-13)34(8)47(62)52-36(28-35-20-17-19-32(6)27-35)48(63)51-25-16-15-22-42(61)68-57-39(58)23-24-40(57)59/h17,19-20,27,30-31,33-34,36-38,43-46H,14-16,18,21-26,28-29H2,1-13H3,(H,51,63)(H,52,62)(H,53,64)/t33?,34-,36+,37+,38-,43+,44+,45+,46-/m1/s1. The molecule has 382 valence electrons. The van der Waals surface area contributed by atoms with Crippen LogP contribution in [0.25, 0.3) is 0 Å². The smallest absolute Gasteiger partial charge is 0.333 e. The van der Waals surface area contributed by atoms with Crippen molar-refractivity contribution in [3.05, 3.63) is 35.4 Å². The van der Waals surface area contributed by atoms with Crippen LogP contribution in [-0.2, 0) is 59.1 Å². The molecule has 9 atom stereocenters. The van der Waals surface area contributed by atoms with Crippen molar-refractivity contribution in [2.45, 2.75) is 162 Å². The second-order valence-corrected chi connectivity index (χ2v) is 19.5. The molecule has 0 saturated carbocycles. The summed E-state index contributed by atoms with van der Waals surface area (Å²) < 4.78 is 12.1. The zero-order valence-electron chi connectivity index (χ0n) is 42.9. The molecule has 0 bridgehead atoms. The molecule has 3 rings (SSSR count). The monoisotopic (exact) mass is 956 g/mol. The lowest BCUT2D eigenvalue weighted by molar-refractivity contribution is -0.197. The van der Waals surface area contributed by atoms with Crippen molar-refractivity contribution in [3.8, 4) is 0 Å². The maximum absolute atomic E-state index is 14.4. The lowest BCUT2D eigenvalue weighted by Crippen LogP contribution is -2.59. The van der Waals surface area contributed by atoms with E-state index in [4.69, 9.17) is 14.3 Å². The van der Waals surface area contributed by atoms with Crippen molar-refractivity contribution in [2.75, 3.05) is 48.5 Å². The van der Waals surface area contributed by atoms with Gasteiger partial charge in [0, 0.05) is 60.0 Å². The summed E-state index contributed by atoms with van der Waals surface area (Å²) in [5.41, 5.74) is 1.83. The number of carbonyl (C=O) groups excluding carboxylic acids is 8. The molecular weight excluding hydrogens is 875 g/mol. The van der Waals surface area contributed by atoms with Crippen LogP contribution in [0.15, 0.2) is 24.3 Å². The zero-order chi connectivity index (χ0) is 51.0. The summed E-state index contributed by atoms with van der Waals surface area (Å²) in [4.78, 5) is 116. The van der Waals surface area contributed by atoms with Gasteiger partial charge < -0.3 is 40.1 Å². The van der Waals surface area contributed by atoms with Gasteiger partial charge in [0.2, 0.25) is 29.5 Å². The number of hydroxylamine groups is 2. The number of likely N-dealkylation sites (tertiary alicyclic amines) is 1.